The summed E-state index contributed by atoms with van der Waals surface area (Å²) in [6, 6.07) is 10.1. The quantitative estimate of drug-likeness (QED) is 0.712. The minimum absolute atomic E-state index is 0.161. The summed E-state index contributed by atoms with van der Waals surface area (Å²) in [6.07, 6.45) is 1.31. The van der Waals surface area contributed by atoms with Crippen LogP contribution in [0.3, 0.4) is 0 Å². The number of carbonyl (C=O) groups excluding carboxylic acids is 1. The second kappa shape index (κ2) is 2.85. The number of rotatable bonds is 1. The van der Waals surface area contributed by atoms with Crippen molar-refractivity contribution >= 4 is 11.6 Å². The van der Waals surface area contributed by atoms with Crippen molar-refractivity contribution < 1.29 is 4.79 Å². The molecule has 1 aliphatic carbocycles. The number of para-hydroxylation sites is 1. The van der Waals surface area contributed by atoms with Gasteiger partial charge in [-0.2, -0.15) is 5.26 Å². The Labute approximate surface area is 94.3 Å². The van der Waals surface area contributed by atoms with E-state index < -0.39 is 0 Å². The molecule has 0 saturated heterocycles. The first-order valence-corrected chi connectivity index (χ1v) is 5.46. The molecule has 1 aromatic carbocycles. The van der Waals surface area contributed by atoms with Gasteiger partial charge in [-0.05, 0) is 24.0 Å². The molecule has 80 valence electrons. The molecule has 3 rings (SSSR count). The molecular weight excluding hydrogens is 200 g/mol. The number of carbonyl (C=O) groups is 1. The summed E-state index contributed by atoms with van der Waals surface area (Å²) in [7, 11) is 1.82. The zero-order chi connectivity index (χ0) is 11.3. The molecule has 16 heavy (non-hydrogen) atoms. The fourth-order valence-corrected chi connectivity index (χ4v) is 2.95. The van der Waals surface area contributed by atoms with Crippen molar-refractivity contribution in [2.24, 2.45) is 5.92 Å². The molecule has 1 heterocycles. The van der Waals surface area contributed by atoms with Gasteiger partial charge in [0.1, 0.15) is 0 Å². The highest BCUT2D eigenvalue weighted by Crippen LogP contribution is 2.62. The molecule has 1 aliphatic heterocycles. The van der Waals surface area contributed by atoms with Gasteiger partial charge in [0.25, 0.3) is 0 Å². The van der Waals surface area contributed by atoms with Gasteiger partial charge in [-0.3, -0.25) is 4.79 Å². The third-order valence-corrected chi connectivity index (χ3v) is 3.88. The van der Waals surface area contributed by atoms with E-state index in [1.807, 2.05) is 31.3 Å². The lowest BCUT2D eigenvalue weighted by Crippen LogP contribution is -2.29. The number of hydrogen-bond acceptors (Lipinski definition) is 2. The zero-order valence-corrected chi connectivity index (χ0v) is 9.10. The highest BCUT2D eigenvalue weighted by molar-refractivity contribution is 6.10. The van der Waals surface area contributed by atoms with Gasteiger partial charge in [-0.25, -0.2) is 0 Å². The Morgan fingerprint density at radius 3 is 3.06 bits per heavy atom. The van der Waals surface area contributed by atoms with Crippen molar-refractivity contribution in [1.29, 1.82) is 5.26 Å². The normalized spacial score (nSPS) is 30.4. The summed E-state index contributed by atoms with van der Waals surface area (Å²) >= 11 is 0. The molecule has 3 nitrogen and oxygen atoms in total. The van der Waals surface area contributed by atoms with E-state index in [1.165, 1.54) is 0 Å². The van der Waals surface area contributed by atoms with Gasteiger partial charge in [0.15, 0.2) is 0 Å². The summed E-state index contributed by atoms with van der Waals surface area (Å²) in [5, 5.41) is 8.75. The van der Waals surface area contributed by atoms with Crippen molar-refractivity contribution in [3.63, 3.8) is 0 Å². The van der Waals surface area contributed by atoms with Crippen LogP contribution in [0.1, 0.15) is 18.4 Å². The maximum absolute atomic E-state index is 12.2. The number of likely N-dealkylation sites (N-methyl/N-ethyl adjacent to an activating group) is 1. The Morgan fingerprint density at radius 2 is 2.31 bits per heavy atom. The zero-order valence-electron chi connectivity index (χ0n) is 9.10. The minimum atomic E-state index is -0.360. The monoisotopic (exact) mass is 212 g/mol. The third-order valence-electron chi connectivity index (χ3n) is 3.88. The van der Waals surface area contributed by atoms with Gasteiger partial charge >= 0.3 is 0 Å². The first-order valence-electron chi connectivity index (χ1n) is 5.46. The largest absolute Gasteiger partial charge is 0.314 e. The van der Waals surface area contributed by atoms with Crippen LogP contribution < -0.4 is 4.90 Å². The first kappa shape index (κ1) is 9.41. The van der Waals surface area contributed by atoms with Crippen LogP contribution in [0.15, 0.2) is 24.3 Å². The van der Waals surface area contributed by atoms with Crippen molar-refractivity contribution in [3.05, 3.63) is 29.8 Å². The van der Waals surface area contributed by atoms with Gasteiger partial charge in [0.2, 0.25) is 5.91 Å². The lowest BCUT2D eigenvalue weighted by molar-refractivity contribution is -0.120. The molecule has 0 aromatic heterocycles. The van der Waals surface area contributed by atoms with E-state index in [0.717, 1.165) is 17.7 Å². The van der Waals surface area contributed by atoms with E-state index in [4.69, 9.17) is 5.26 Å². The number of benzene rings is 1. The summed E-state index contributed by atoms with van der Waals surface area (Å²) < 4.78 is 0. The van der Waals surface area contributed by atoms with Gasteiger partial charge in [-0.1, -0.05) is 18.2 Å². The molecule has 2 aliphatic rings. The van der Waals surface area contributed by atoms with Crippen LogP contribution in [-0.4, -0.2) is 13.0 Å². The van der Waals surface area contributed by atoms with Crippen molar-refractivity contribution in [1.82, 2.24) is 0 Å². The average molecular weight is 212 g/mol. The number of anilines is 1. The maximum atomic E-state index is 12.2. The molecule has 0 N–H and O–H groups in total. The number of fused-ring (bicyclic) bond motifs is 2. The van der Waals surface area contributed by atoms with E-state index >= 15 is 0 Å². The predicted octanol–water partition coefficient (Wildman–Crippen LogP) is 1.83. The number of hydrogen-bond donors (Lipinski definition) is 0. The molecule has 3 heteroatoms. The van der Waals surface area contributed by atoms with Crippen LogP contribution in [0.2, 0.25) is 0 Å². The Morgan fingerprint density at radius 1 is 1.56 bits per heavy atom. The highest BCUT2D eigenvalue weighted by Gasteiger charge is 2.65. The highest BCUT2D eigenvalue weighted by atomic mass is 16.2. The molecule has 1 saturated carbocycles. The smallest absolute Gasteiger partial charge is 0.237 e. The Kier molecular flexibility index (Phi) is 1.68. The van der Waals surface area contributed by atoms with E-state index in [1.54, 1.807) is 4.90 Å². The summed E-state index contributed by atoms with van der Waals surface area (Å²) in [5.41, 5.74) is 1.76. The second-order valence-electron chi connectivity index (χ2n) is 4.62. The molecule has 1 amide bonds. The van der Waals surface area contributed by atoms with Crippen molar-refractivity contribution in [2.45, 2.75) is 18.3 Å². The maximum Gasteiger partial charge on any atom is 0.237 e. The lowest BCUT2D eigenvalue weighted by atomic mass is 9.94. The summed E-state index contributed by atoms with van der Waals surface area (Å²) in [6.45, 7) is 0. The number of amides is 1. The fraction of sp³-hybridized carbons (Fsp3) is 0.385. The minimum Gasteiger partial charge on any atom is -0.314 e. The Hall–Kier alpha value is -1.82. The van der Waals surface area contributed by atoms with Crippen LogP contribution in [0.4, 0.5) is 5.69 Å². The van der Waals surface area contributed by atoms with Crippen molar-refractivity contribution in [2.75, 3.05) is 11.9 Å². The predicted molar refractivity (Wildman–Crippen MR) is 59.9 cm³/mol. The standard InChI is InChI=1S/C13H12N2O/c1-15-11-5-3-2-4-10(11)13(12(15)16)8-9(13)6-7-14/h2-5,9H,6,8H2,1H3. The molecule has 0 radical (unpaired) electrons. The van der Waals surface area contributed by atoms with Crippen LogP contribution in [-0.2, 0) is 10.2 Å². The lowest BCUT2D eigenvalue weighted by Gasteiger charge is -2.10. The van der Waals surface area contributed by atoms with Crippen LogP contribution >= 0.6 is 0 Å². The van der Waals surface area contributed by atoms with Gasteiger partial charge < -0.3 is 4.90 Å². The SMILES string of the molecule is CN1C(=O)C2(CC2CC#N)c2ccccc21. The van der Waals surface area contributed by atoms with E-state index in [2.05, 4.69) is 6.07 Å². The Bertz CT molecular complexity index is 517. The summed E-state index contributed by atoms with van der Waals surface area (Å²) in [4.78, 5) is 14.0. The van der Waals surface area contributed by atoms with Crippen LogP contribution in [0.5, 0.6) is 0 Å². The van der Waals surface area contributed by atoms with Gasteiger partial charge in [0.05, 0.1) is 11.5 Å². The summed E-state index contributed by atoms with van der Waals surface area (Å²) in [5.74, 6) is 0.380. The van der Waals surface area contributed by atoms with E-state index in [9.17, 15) is 4.79 Å². The third kappa shape index (κ3) is 0.898. The molecule has 0 bridgehead atoms. The fourth-order valence-electron chi connectivity index (χ4n) is 2.95. The van der Waals surface area contributed by atoms with Gasteiger partial charge in [0, 0.05) is 19.2 Å². The van der Waals surface area contributed by atoms with E-state index in [0.29, 0.717) is 6.42 Å². The van der Waals surface area contributed by atoms with Crippen LogP contribution in [0.25, 0.3) is 0 Å². The average Bonchev–Trinajstić information content (AvgIpc) is 2.98. The van der Waals surface area contributed by atoms with Crippen molar-refractivity contribution in [3.8, 4) is 6.07 Å². The van der Waals surface area contributed by atoms with E-state index in [-0.39, 0.29) is 17.2 Å². The molecule has 1 aromatic rings. The number of nitriles is 1. The molecular formula is C13H12N2O. The number of nitrogens with zero attached hydrogens (tertiary/aromatic N) is 2. The molecule has 2 unspecified atom stereocenters. The topological polar surface area (TPSA) is 44.1 Å². The second-order valence-corrected chi connectivity index (χ2v) is 4.62. The first-order chi connectivity index (χ1) is 7.71. The Balaban J connectivity index is 2.10. The molecule has 1 spiro atoms. The van der Waals surface area contributed by atoms with Gasteiger partial charge in [-0.15, -0.1) is 0 Å². The van der Waals surface area contributed by atoms with Crippen LogP contribution in [0, 0.1) is 17.2 Å². The molecule has 2 atom stereocenters. The molecule has 1 fully saturated rings.